The molecule has 0 aliphatic heterocycles. The summed E-state index contributed by atoms with van der Waals surface area (Å²) in [5.74, 6) is 0.272. The normalized spacial score (nSPS) is 20.5. The second-order valence-corrected chi connectivity index (χ2v) is 33.6. The summed E-state index contributed by atoms with van der Waals surface area (Å²) >= 11 is 8.96. The first-order chi connectivity index (χ1) is 25.3. The molecule has 0 bridgehead atoms. The average molecular weight is 904 g/mol. The van der Waals surface area contributed by atoms with Gasteiger partial charge < -0.3 is 0 Å². The fourth-order valence-electron chi connectivity index (χ4n) is 11.1. The molecule has 0 saturated heterocycles. The Bertz CT molecular complexity index is 2430. The van der Waals surface area contributed by atoms with Crippen molar-refractivity contribution < 1.29 is 18.3 Å². The van der Waals surface area contributed by atoms with Gasteiger partial charge in [-0.25, -0.2) is 0 Å². The van der Waals surface area contributed by atoms with Crippen LogP contribution in [0.1, 0.15) is 115 Å². The van der Waals surface area contributed by atoms with E-state index in [1.54, 1.807) is 0 Å². The zero-order valence-corrected chi connectivity index (χ0v) is 40.4. The third kappa shape index (κ3) is 6.28. The van der Waals surface area contributed by atoms with Gasteiger partial charge in [-0.15, -0.1) is 24.8 Å². The van der Waals surface area contributed by atoms with Gasteiger partial charge >= 0.3 is 338 Å². The molecule has 0 fully saturated rings. The first kappa shape index (κ1) is 43.3. The molecule has 294 valence electrons. The zero-order chi connectivity index (χ0) is 38.8. The number of halogens is 4. The summed E-state index contributed by atoms with van der Waals surface area (Å²) in [6.45, 7) is 23.8. The first-order valence-electron chi connectivity index (χ1n) is 20.0. The van der Waals surface area contributed by atoms with Gasteiger partial charge in [-0.3, -0.25) is 0 Å². The molecule has 0 saturated carbocycles. The number of rotatable bonds is 5. The Kier molecular flexibility index (Phi) is 11.2. The number of benzene rings is 4. The van der Waals surface area contributed by atoms with Crippen LogP contribution in [0.15, 0.2) is 106 Å². The minimum atomic E-state index is -5.12. The number of allylic oxidation sites excluding steroid dienone is 8. The van der Waals surface area contributed by atoms with Crippen LogP contribution in [0.25, 0.3) is 22.3 Å². The zero-order valence-electron chi connectivity index (χ0n) is 34.8. The van der Waals surface area contributed by atoms with Gasteiger partial charge in [0.1, 0.15) is 0 Å². The third-order valence-corrected chi connectivity index (χ3v) is 32.8. The number of hydrogen-bond acceptors (Lipinski definition) is 0. The van der Waals surface area contributed by atoms with E-state index in [1.165, 1.54) is 71.1 Å². The van der Waals surface area contributed by atoms with Gasteiger partial charge in [0.15, 0.2) is 0 Å². The van der Waals surface area contributed by atoms with Crippen molar-refractivity contribution in [3.63, 3.8) is 0 Å². The minimum absolute atomic E-state index is 0. The van der Waals surface area contributed by atoms with E-state index in [0.29, 0.717) is 0 Å². The van der Waals surface area contributed by atoms with Gasteiger partial charge in [0.05, 0.1) is 0 Å². The Labute approximate surface area is 360 Å². The van der Waals surface area contributed by atoms with E-state index in [0.717, 1.165) is 29.3 Å². The van der Waals surface area contributed by atoms with Gasteiger partial charge in [0.2, 0.25) is 0 Å². The average Bonchev–Trinajstić information content (AvgIpc) is 3.73. The molecule has 8 rings (SSSR count). The molecule has 2 unspecified atom stereocenters. The third-order valence-electron chi connectivity index (χ3n) is 14.3. The van der Waals surface area contributed by atoms with Crippen molar-refractivity contribution in [2.75, 3.05) is 0 Å². The molecule has 2 atom stereocenters. The monoisotopic (exact) mass is 900 g/mol. The topological polar surface area (TPSA) is 0 Å². The van der Waals surface area contributed by atoms with Crippen LogP contribution in [0.2, 0.25) is 13.7 Å². The molecular weight excluding hydrogens is 846 g/mol. The van der Waals surface area contributed by atoms with Crippen molar-refractivity contribution in [2.24, 2.45) is 11.3 Å². The Hall–Kier alpha value is -2.25. The Morgan fingerprint density at radius 2 is 1.27 bits per heavy atom. The molecule has 5 heteroatoms. The van der Waals surface area contributed by atoms with E-state index in [9.17, 15) is 0 Å². The molecule has 4 aliphatic carbocycles. The van der Waals surface area contributed by atoms with Gasteiger partial charge in [-0.1, -0.05) is 0 Å². The molecule has 0 radical (unpaired) electrons. The second kappa shape index (κ2) is 14.5. The quantitative estimate of drug-likeness (QED) is 0.165. The van der Waals surface area contributed by atoms with E-state index in [1.807, 2.05) is 12.1 Å². The Morgan fingerprint density at radius 3 is 1.79 bits per heavy atom. The summed E-state index contributed by atoms with van der Waals surface area (Å²) in [4.78, 5) is 0. The van der Waals surface area contributed by atoms with Crippen LogP contribution in [0, 0.1) is 11.3 Å². The van der Waals surface area contributed by atoms with Gasteiger partial charge in [-0.05, 0) is 0 Å². The second-order valence-electron chi connectivity index (χ2n) is 19.4. The summed E-state index contributed by atoms with van der Waals surface area (Å²) in [6, 6.07) is 27.7. The summed E-state index contributed by atoms with van der Waals surface area (Å²) in [7, 11) is 0. The molecule has 4 aliphatic rings. The van der Waals surface area contributed by atoms with E-state index in [-0.39, 0.29) is 50.6 Å². The van der Waals surface area contributed by atoms with Crippen molar-refractivity contribution in [2.45, 2.75) is 103 Å². The molecule has 4 aromatic rings. The van der Waals surface area contributed by atoms with Crippen molar-refractivity contribution >= 4 is 69.9 Å². The predicted molar refractivity (Wildman–Crippen MR) is 250 cm³/mol. The Morgan fingerprint density at radius 1 is 0.732 bits per heavy atom. The fourth-order valence-corrected chi connectivity index (χ4v) is 31.6. The van der Waals surface area contributed by atoms with Crippen LogP contribution in [-0.4, -0.2) is 4.21 Å². The van der Waals surface area contributed by atoms with Crippen LogP contribution < -0.4 is 6.54 Å². The summed E-state index contributed by atoms with van der Waals surface area (Å²) < 4.78 is 10.1. The van der Waals surface area contributed by atoms with Gasteiger partial charge in [-0.2, -0.15) is 0 Å². The van der Waals surface area contributed by atoms with Crippen LogP contribution in [0.4, 0.5) is 0 Å². The fraction of sp³-hybridized carbons (Fsp3) is 0.353. The molecule has 0 amide bonds. The molecule has 0 N–H and O–H groups in total. The van der Waals surface area contributed by atoms with Crippen LogP contribution in [0.5, 0.6) is 0 Å². The van der Waals surface area contributed by atoms with Gasteiger partial charge in [0, 0.05) is 0 Å². The van der Waals surface area contributed by atoms with Crippen molar-refractivity contribution in [1.82, 2.24) is 0 Å². The standard InChI is InChI=1S/C27H29.C11H17.2C6H4Cl.CH2.2ClH.Zr/c1-16-7-9-26(3,4)24-12-18-11-19-13-25-21(17(2)8-10-27(25,5)6)15-23(19)22(18)14-20(16)24;1-5-9-6-7-10(8-9)11(2,3)4;2*7-6-4-2-1-3-5-6;;;;/h7-9,12-15H,10-11H2,1-6H3;7-9H,5H2,1-4H3;2*1-2,4-5H;1H2;2*1H;. The van der Waals surface area contributed by atoms with Crippen molar-refractivity contribution in [3.8, 4) is 11.1 Å². The maximum absolute atomic E-state index is 7.04. The summed E-state index contributed by atoms with van der Waals surface area (Å²) in [6.07, 6.45) is 13.3. The molecule has 0 heterocycles. The summed E-state index contributed by atoms with van der Waals surface area (Å²) in [5, 5.41) is 1.52. The van der Waals surface area contributed by atoms with Crippen molar-refractivity contribution in [3.05, 3.63) is 149 Å². The molecule has 0 aromatic heterocycles. The van der Waals surface area contributed by atoms with E-state index < -0.39 is 18.3 Å². The van der Waals surface area contributed by atoms with E-state index >= 15 is 0 Å². The molecular formula is C51H58Cl4Zr. The molecule has 0 nitrogen and oxygen atoms in total. The van der Waals surface area contributed by atoms with Crippen LogP contribution in [0.3, 0.4) is 0 Å². The predicted octanol–water partition coefficient (Wildman–Crippen LogP) is 14.6. The van der Waals surface area contributed by atoms with E-state index in [2.05, 4.69) is 154 Å². The van der Waals surface area contributed by atoms with Crippen LogP contribution in [-0.2, 0) is 35.5 Å². The molecule has 0 spiro atoms. The van der Waals surface area contributed by atoms with E-state index in [4.69, 9.17) is 27.4 Å². The molecule has 56 heavy (non-hydrogen) atoms. The van der Waals surface area contributed by atoms with Crippen LogP contribution >= 0.6 is 48.0 Å². The number of fused-ring (bicyclic) bond motifs is 5. The van der Waals surface area contributed by atoms with Gasteiger partial charge in [0.25, 0.3) is 0 Å². The first-order valence-corrected chi connectivity index (χ1v) is 27.6. The SMILES string of the molecule is Cl.Cl.[CH2]=[Zr]([C]1=CC(C(C)(C)C)=CC1CC)([c]1cccc(Cl)c1)([c]1cccc(Cl)c1)[CH]1C=C(C)c2cc3c(cc2C1(C)C)Cc1cc2c(cc1-3)C(C)=CCC2(C)C. The summed E-state index contributed by atoms with van der Waals surface area (Å²) in [5.41, 5.74) is 15.5. The Balaban J connectivity index is 0.00000266. The number of hydrogen-bond donors (Lipinski definition) is 0. The van der Waals surface area contributed by atoms with Crippen molar-refractivity contribution in [1.29, 1.82) is 0 Å². The molecule has 4 aromatic carbocycles. The maximum atomic E-state index is 7.04.